The quantitative estimate of drug-likeness (QED) is 0.445. The van der Waals surface area contributed by atoms with Gasteiger partial charge in [0.05, 0.1) is 19.8 Å². The monoisotopic (exact) mass is 349 g/mol. The zero-order valence-corrected chi connectivity index (χ0v) is 14.5. The summed E-state index contributed by atoms with van der Waals surface area (Å²) in [5, 5.41) is 0. The molecule has 1 aromatic carbocycles. The van der Waals surface area contributed by atoms with Crippen molar-refractivity contribution in [2.75, 3.05) is 26.3 Å². The lowest BCUT2D eigenvalue weighted by Gasteiger charge is -2.24. The molecular formula is C18H23NO6. The first-order chi connectivity index (χ1) is 12.0. The smallest absolute Gasteiger partial charge is 0.410 e. The topological polar surface area (TPSA) is 82.1 Å². The number of nitrogens with zero attached hydrogens (tertiary/aromatic N) is 1. The van der Waals surface area contributed by atoms with Crippen LogP contribution in [0.4, 0.5) is 4.79 Å². The van der Waals surface area contributed by atoms with E-state index in [1.165, 1.54) is 4.90 Å². The number of rotatable bonds is 6. The average molecular weight is 349 g/mol. The second-order valence-electron chi connectivity index (χ2n) is 5.73. The molecule has 1 heterocycles. The van der Waals surface area contributed by atoms with E-state index in [0.29, 0.717) is 0 Å². The third-order valence-corrected chi connectivity index (χ3v) is 4.06. The van der Waals surface area contributed by atoms with Crippen molar-refractivity contribution in [3.05, 3.63) is 35.9 Å². The van der Waals surface area contributed by atoms with E-state index in [0.717, 1.165) is 5.56 Å². The van der Waals surface area contributed by atoms with Crippen LogP contribution in [0, 0.1) is 5.41 Å². The van der Waals surface area contributed by atoms with E-state index in [1.807, 2.05) is 30.3 Å². The maximum atomic E-state index is 12.3. The Labute approximate surface area is 146 Å². The van der Waals surface area contributed by atoms with Crippen LogP contribution in [0.1, 0.15) is 25.8 Å². The van der Waals surface area contributed by atoms with E-state index in [9.17, 15) is 14.4 Å². The van der Waals surface area contributed by atoms with Crippen molar-refractivity contribution in [2.24, 2.45) is 5.41 Å². The van der Waals surface area contributed by atoms with Crippen LogP contribution in [0.15, 0.2) is 30.3 Å². The molecule has 136 valence electrons. The lowest BCUT2D eigenvalue weighted by Crippen LogP contribution is -2.45. The molecule has 1 aliphatic heterocycles. The Hall–Kier alpha value is -2.57. The van der Waals surface area contributed by atoms with Crippen LogP contribution < -0.4 is 0 Å². The highest BCUT2D eigenvalue weighted by Gasteiger charge is 2.55. The summed E-state index contributed by atoms with van der Waals surface area (Å²) >= 11 is 0. The van der Waals surface area contributed by atoms with Gasteiger partial charge in [0.15, 0.2) is 5.41 Å². The summed E-state index contributed by atoms with van der Waals surface area (Å²) in [6, 6.07) is 9.27. The summed E-state index contributed by atoms with van der Waals surface area (Å²) < 4.78 is 15.3. The van der Waals surface area contributed by atoms with Crippen molar-refractivity contribution in [3.63, 3.8) is 0 Å². The number of hydrogen-bond donors (Lipinski definition) is 0. The molecule has 1 aromatic rings. The predicted octanol–water partition coefficient (Wildman–Crippen LogP) is 2.14. The number of ether oxygens (including phenoxy) is 3. The Balaban J connectivity index is 2.03. The van der Waals surface area contributed by atoms with Gasteiger partial charge in [0.25, 0.3) is 0 Å². The van der Waals surface area contributed by atoms with Crippen molar-refractivity contribution in [3.8, 4) is 0 Å². The molecule has 0 spiro atoms. The van der Waals surface area contributed by atoms with Gasteiger partial charge in [-0.1, -0.05) is 30.3 Å². The maximum absolute atomic E-state index is 12.3. The molecule has 1 amide bonds. The first kappa shape index (κ1) is 18.8. The fraction of sp³-hybridized carbons (Fsp3) is 0.500. The zero-order valence-electron chi connectivity index (χ0n) is 14.5. The minimum absolute atomic E-state index is 0.0989. The van der Waals surface area contributed by atoms with Gasteiger partial charge in [0, 0.05) is 6.54 Å². The van der Waals surface area contributed by atoms with Crippen LogP contribution in [-0.2, 0) is 30.4 Å². The van der Waals surface area contributed by atoms with Crippen LogP contribution in [0.5, 0.6) is 0 Å². The molecule has 0 radical (unpaired) electrons. The van der Waals surface area contributed by atoms with E-state index in [-0.39, 0.29) is 39.3 Å². The van der Waals surface area contributed by atoms with Crippen molar-refractivity contribution in [2.45, 2.75) is 26.9 Å². The summed E-state index contributed by atoms with van der Waals surface area (Å²) in [5.41, 5.74) is -0.616. The third kappa shape index (κ3) is 4.29. The van der Waals surface area contributed by atoms with Gasteiger partial charge in [0.1, 0.15) is 6.61 Å². The zero-order chi connectivity index (χ0) is 18.3. The molecule has 0 aromatic heterocycles. The molecule has 0 atom stereocenters. The molecule has 0 bridgehead atoms. The van der Waals surface area contributed by atoms with E-state index < -0.39 is 23.4 Å². The summed E-state index contributed by atoms with van der Waals surface area (Å²) in [5.74, 6) is -1.32. The van der Waals surface area contributed by atoms with Crippen molar-refractivity contribution < 1.29 is 28.6 Å². The Morgan fingerprint density at radius 2 is 1.60 bits per heavy atom. The molecular weight excluding hydrogens is 326 g/mol. The Kier molecular flexibility index (Phi) is 6.38. The predicted molar refractivity (Wildman–Crippen MR) is 88.5 cm³/mol. The summed E-state index contributed by atoms with van der Waals surface area (Å²) in [7, 11) is 0. The van der Waals surface area contributed by atoms with Crippen LogP contribution in [0.2, 0.25) is 0 Å². The molecule has 0 saturated carbocycles. The van der Waals surface area contributed by atoms with Gasteiger partial charge in [-0.3, -0.25) is 9.59 Å². The number of carbonyl (C=O) groups excluding carboxylic acids is 3. The van der Waals surface area contributed by atoms with Gasteiger partial charge in [-0.05, 0) is 25.8 Å². The van der Waals surface area contributed by atoms with Gasteiger partial charge in [-0.15, -0.1) is 0 Å². The maximum Gasteiger partial charge on any atom is 0.410 e. The number of hydrogen-bond acceptors (Lipinski definition) is 6. The molecule has 0 unspecified atom stereocenters. The van der Waals surface area contributed by atoms with Gasteiger partial charge in [-0.25, -0.2) is 4.79 Å². The van der Waals surface area contributed by atoms with E-state index in [2.05, 4.69) is 0 Å². The molecule has 1 fully saturated rings. The molecule has 7 nitrogen and oxygen atoms in total. The van der Waals surface area contributed by atoms with Crippen LogP contribution in [0.3, 0.4) is 0 Å². The first-order valence-corrected chi connectivity index (χ1v) is 8.33. The molecule has 7 heteroatoms. The van der Waals surface area contributed by atoms with E-state index >= 15 is 0 Å². The SMILES string of the molecule is CCOC(=O)C1(C(=O)OCC)CCN(C(=O)OCc2ccccc2)C1. The number of esters is 2. The fourth-order valence-electron chi connectivity index (χ4n) is 2.73. The van der Waals surface area contributed by atoms with Gasteiger partial charge >= 0.3 is 18.0 Å². The minimum atomic E-state index is -1.47. The molecule has 1 aliphatic rings. The Morgan fingerprint density at radius 3 is 2.16 bits per heavy atom. The summed E-state index contributed by atoms with van der Waals surface area (Å²) in [4.78, 5) is 38.3. The highest BCUT2D eigenvalue weighted by Crippen LogP contribution is 2.34. The molecule has 1 saturated heterocycles. The van der Waals surface area contributed by atoms with Crippen molar-refractivity contribution in [1.82, 2.24) is 4.90 Å². The highest BCUT2D eigenvalue weighted by molar-refractivity contribution is 6.01. The summed E-state index contributed by atoms with van der Waals surface area (Å²) in [6.45, 7) is 3.89. The first-order valence-electron chi connectivity index (χ1n) is 8.33. The molecule has 2 rings (SSSR count). The largest absolute Gasteiger partial charge is 0.465 e. The van der Waals surface area contributed by atoms with Crippen molar-refractivity contribution in [1.29, 1.82) is 0 Å². The lowest BCUT2D eigenvalue weighted by molar-refractivity contribution is -0.170. The normalized spacial score (nSPS) is 15.5. The Morgan fingerprint density at radius 1 is 1.00 bits per heavy atom. The number of amides is 1. The number of carbonyl (C=O) groups is 3. The van der Waals surface area contributed by atoms with Gasteiger partial charge in [0.2, 0.25) is 0 Å². The number of likely N-dealkylation sites (tertiary alicyclic amines) is 1. The highest BCUT2D eigenvalue weighted by atomic mass is 16.6. The second-order valence-corrected chi connectivity index (χ2v) is 5.73. The van der Waals surface area contributed by atoms with Crippen LogP contribution in [-0.4, -0.2) is 49.2 Å². The average Bonchev–Trinajstić information content (AvgIpc) is 3.08. The van der Waals surface area contributed by atoms with Crippen LogP contribution >= 0.6 is 0 Å². The minimum Gasteiger partial charge on any atom is -0.465 e. The third-order valence-electron chi connectivity index (χ3n) is 4.06. The summed E-state index contributed by atoms with van der Waals surface area (Å²) in [6.07, 6.45) is -0.412. The van der Waals surface area contributed by atoms with Gasteiger partial charge < -0.3 is 19.1 Å². The fourth-order valence-corrected chi connectivity index (χ4v) is 2.73. The van der Waals surface area contributed by atoms with Crippen molar-refractivity contribution >= 4 is 18.0 Å². The Bertz CT molecular complexity index is 597. The van der Waals surface area contributed by atoms with E-state index in [1.54, 1.807) is 13.8 Å². The molecule has 0 N–H and O–H groups in total. The molecule has 0 aliphatic carbocycles. The second kappa shape index (κ2) is 8.50. The molecule has 25 heavy (non-hydrogen) atoms. The van der Waals surface area contributed by atoms with Crippen LogP contribution in [0.25, 0.3) is 0 Å². The van der Waals surface area contributed by atoms with E-state index in [4.69, 9.17) is 14.2 Å². The standard InChI is InChI=1S/C18H23NO6/c1-3-23-15(20)18(16(21)24-4-2)10-11-19(13-18)17(22)25-12-14-8-6-5-7-9-14/h5-9H,3-4,10-13H2,1-2H3. The van der Waals surface area contributed by atoms with Gasteiger partial charge in [-0.2, -0.15) is 0 Å². The number of benzene rings is 1. The lowest BCUT2D eigenvalue weighted by atomic mass is 9.87.